The first kappa shape index (κ1) is 24.3. The van der Waals surface area contributed by atoms with E-state index in [2.05, 4.69) is 43.5 Å². The highest BCUT2D eigenvalue weighted by atomic mass is 32.1. The van der Waals surface area contributed by atoms with E-state index in [0.717, 1.165) is 5.69 Å². The number of nitrogens with zero attached hydrogens (tertiary/aromatic N) is 3. The van der Waals surface area contributed by atoms with Crippen molar-refractivity contribution in [1.29, 1.82) is 0 Å². The summed E-state index contributed by atoms with van der Waals surface area (Å²) in [5, 5.41) is 7.10. The standard InChI is InChI=1S/C28H33N5O2S/c1-35-24-13-6-5-11-22(24)30-25(34)15-18-33-27(26(31-28(33)36)23-12-7-8-16-29-23)20-14-17-32(19-20)21-9-3-2-4-10-21/h5-8,11-14,16-17,19,21,26-27H,2-4,9-10,15,18H2,1H3,(H,30,34)(H,31,36)/t26-,27+/m1/s1. The molecule has 0 bridgehead atoms. The molecule has 2 aromatic heterocycles. The summed E-state index contributed by atoms with van der Waals surface area (Å²) < 4.78 is 7.74. The van der Waals surface area contributed by atoms with Crippen molar-refractivity contribution in [2.45, 2.75) is 56.7 Å². The van der Waals surface area contributed by atoms with Gasteiger partial charge in [-0.15, -0.1) is 0 Å². The number of anilines is 1. The molecule has 7 nitrogen and oxygen atoms in total. The molecule has 5 rings (SSSR count). The Bertz CT molecular complexity index is 1190. The molecule has 1 amide bonds. The number of benzene rings is 1. The lowest BCUT2D eigenvalue weighted by Crippen LogP contribution is -2.32. The molecule has 1 aromatic carbocycles. The van der Waals surface area contributed by atoms with Gasteiger partial charge in [-0.25, -0.2) is 0 Å². The maximum absolute atomic E-state index is 12.9. The zero-order chi connectivity index (χ0) is 24.9. The average molecular weight is 504 g/mol. The molecule has 188 valence electrons. The minimum atomic E-state index is -0.0850. The van der Waals surface area contributed by atoms with Crippen molar-refractivity contribution in [2.75, 3.05) is 19.0 Å². The Kier molecular flexibility index (Phi) is 7.51. The van der Waals surface area contributed by atoms with Crippen LogP contribution in [0.5, 0.6) is 5.75 Å². The Balaban J connectivity index is 1.35. The van der Waals surface area contributed by atoms with Crippen LogP contribution >= 0.6 is 12.2 Å². The fourth-order valence-electron chi connectivity index (χ4n) is 5.40. The summed E-state index contributed by atoms with van der Waals surface area (Å²) in [6, 6.07) is 16.0. The van der Waals surface area contributed by atoms with Crippen molar-refractivity contribution in [2.24, 2.45) is 0 Å². The van der Waals surface area contributed by atoms with Gasteiger partial charge in [0.05, 0.1) is 30.6 Å². The molecule has 0 radical (unpaired) electrons. The summed E-state index contributed by atoms with van der Waals surface area (Å²) in [7, 11) is 1.60. The molecule has 3 aromatic rings. The minimum absolute atomic E-state index is 0.0451. The Morgan fingerprint density at radius 1 is 1.14 bits per heavy atom. The van der Waals surface area contributed by atoms with Gasteiger partial charge in [-0.2, -0.15) is 0 Å². The Hall–Kier alpha value is -3.39. The quantitative estimate of drug-likeness (QED) is 0.401. The Morgan fingerprint density at radius 3 is 2.72 bits per heavy atom. The van der Waals surface area contributed by atoms with Gasteiger partial charge in [-0.1, -0.05) is 37.5 Å². The lowest BCUT2D eigenvalue weighted by molar-refractivity contribution is -0.116. The van der Waals surface area contributed by atoms with Crippen molar-refractivity contribution in [3.8, 4) is 5.75 Å². The van der Waals surface area contributed by atoms with Gasteiger partial charge in [0.15, 0.2) is 5.11 Å². The molecule has 0 spiro atoms. The summed E-state index contributed by atoms with van der Waals surface area (Å²) >= 11 is 5.78. The topological polar surface area (TPSA) is 71.4 Å². The monoisotopic (exact) mass is 503 g/mol. The van der Waals surface area contributed by atoms with Crippen LogP contribution in [0.25, 0.3) is 0 Å². The number of hydrogen-bond donors (Lipinski definition) is 2. The lowest BCUT2D eigenvalue weighted by atomic mass is 9.95. The normalized spacial score (nSPS) is 20.2. The van der Waals surface area contributed by atoms with Gasteiger partial charge in [0.1, 0.15) is 5.75 Å². The number of aromatic nitrogens is 2. The van der Waals surface area contributed by atoms with Gasteiger partial charge >= 0.3 is 0 Å². The fourth-order valence-corrected chi connectivity index (χ4v) is 5.74. The van der Waals surface area contributed by atoms with Gasteiger partial charge in [0.2, 0.25) is 5.91 Å². The van der Waals surface area contributed by atoms with E-state index < -0.39 is 0 Å². The number of thiocarbonyl (C=S) groups is 1. The second-order valence-electron chi connectivity index (χ2n) is 9.50. The zero-order valence-electron chi connectivity index (χ0n) is 20.6. The predicted octanol–water partition coefficient (Wildman–Crippen LogP) is 5.40. The van der Waals surface area contributed by atoms with Crippen LogP contribution in [0.3, 0.4) is 0 Å². The van der Waals surface area contributed by atoms with Crippen molar-refractivity contribution >= 4 is 28.9 Å². The van der Waals surface area contributed by atoms with E-state index >= 15 is 0 Å². The molecule has 36 heavy (non-hydrogen) atoms. The third kappa shape index (κ3) is 5.23. The molecule has 1 saturated heterocycles. The van der Waals surface area contributed by atoms with Crippen LogP contribution in [0.2, 0.25) is 0 Å². The highest BCUT2D eigenvalue weighted by Crippen LogP contribution is 2.40. The van der Waals surface area contributed by atoms with Crippen molar-refractivity contribution in [1.82, 2.24) is 19.8 Å². The van der Waals surface area contributed by atoms with Gasteiger partial charge in [-0.3, -0.25) is 9.78 Å². The number of nitrogens with one attached hydrogen (secondary N) is 2. The Morgan fingerprint density at radius 2 is 1.94 bits per heavy atom. The van der Waals surface area contributed by atoms with Crippen LogP contribution in [0.1, 0.15) is 67.9 Å². The molecule has 2 N–H and O–H groups in total. The smallest absolute Gasteiger partial charge is 0.226 e. The van der Waals surface area contributed by atoms with Crippen molar-refractivity contribution < 1.29 is 9.53 Å². The number of carbonyl (C=O) groups excluding carboxylic acids is 1. The molecule has 0 unspecified atom stereocenters. The van der Waals surface area contributed by atoms with E-state index in [-0.39, 0.29) is 18.0 Å². The van der Waals surface area contributed by atoms with E-state index in [1.807, 2.05) is 48.7 Å². The zero-order valence-corrected chi connectivity index (χ0v) is 21.4. The summed E-state index contributed by atoms with van der Waals surface area (Å²) in [5.74, 6) is 0.559. The number of amides is 1. The predicted molar refractivity (Wildman–Crippen MR) is 145 cm³/mol. The van der Waals surface area contributed by atoms with Crippen LogP contribution in [0.15, 0.2) is 67.1 Å². The van der Waals surface area contributed by atoms with Gasteiger partial charge in [0, 0.05) is 37.6 Å². The van der Waals surface area contributed by atoms with E-state index in [4.69, 9.17) is 17.0 Å². The van der Waals surface area contributed by atoms with Crippen LogP contribution in [0, 0.1) is 0 Å². The lowest BCUT2D eigenvalue weighted by Gasteiger charge is -2.27. The van der Waals surface area contributed by atoms with Crippen LogP contribution < -0.4 is 15.4 Å². The molecular weight excluding hydrogens is 470 g/mol. The summed E-state index contributed by atoms with van der Waals surface area (Å²) in [5.41, 5.74) is 2.80. The third-order valence-corrected chi connectivity index (χ3v) is 7.59. The van der Waals surface area contributed by atoms with E-state index in [1.54, 1.807) is 7.11 Å². The van der Waals surface area contributed by atoms with Crippen LogP contribution in [0.4, 0.5) is 5.69 Å². The summed E-state index contributed by atoms with van der Waals surface area (Å²) in [6.45, 7) is 0.495. The van der Waals surface area contributed by atoms with Crippen molar-refractivity contribution in [3.05, 3.63) is 78.4 Å². The first-order valence-corrected chi connectivity index (χ1v) is 13.1. The number of ether oxygens (including phenoxy) is 1. The maximum atomic E-state index is 12.9. The average Bonchev–Trinajstić information content (AvgIpc) is 3.53. The molecule has 2 atom stereocenters. The largest absolute Gasteiger partial charge is 0.495 e. The number of hydrogen-bond acceptors (Lipinski definition) is 4. The van der Waals surface area contributed by atoms with Crippen LogP contribution in [-0.2, 0) is 4.79 Å². The Labute approximate surface area is 217 Å². The van der Waals surface area contributed by atoms with Crippen molar-refractivity contribution in [3.63, 3.8) is 0 Å². The van der Waals surface area contributed by atoms with Gasteiger partial charge in [0.25, 0.3) is 0 Å². The maximum Gasteiger partial charge on any atom is 0.226 e. The molecule has 2 aliphatic rings. The molecule has 2 fully saturated rings. The second kappa shape index (κ2) is 11.1. The highest BCUT2D eigenvalue weighted by Gasteiger charge is 2.40. The summed E-state index contributed by atoms with van der Waals surface area (Å²) in [6.07, 6.45) is 13.0. The molecular formula is C28H33N5O2S. The first-order chi connectivity index (χ1) is 17.6. The number of rotatable bonds is 8. The van der Waals surface area contributed by atoms with Crippen LogP contribution in [-0.4, -0.2) is 39.1 Å². The molecule has 1 aliphatic heterocycles. The van der Waals surface area contributed by atoms with E-state index in [0.29, 0.717) is 35.6 Å². The summed E-state index contributed by atoms with van der Waals surface area (Å²) in [4.78, 5) is 19.6. The van der Waals surface area contributed by atoms with Gasteiger partial charge < -0.3 is 24.8 Å². The molecule has 1 saturated carbocycles. The highest BCUT2D eigenvalue weighted by molar-refractivity contribution is 7.80. The number of pyridine rings is 1. The first-order valence-electron chi connectivity index (χ1n) is 12.7. The SMILES string of the molecule is COc1ccccc1NC(=O)CCN1C(=S)N[C@H](c2ccccn2)[C@@H]1c1ccn(C2CCCCC2)c1. The third-order valence-electron chi connectivity index (χ3n) is 7.23. The van der Waals surface area contributed by atoms with E-state index in [1.165, 1.54) is 37.7 Å². The number of para-hydroxylation sites is 2. The minimum Gasteiger partial charge on any atom is -0.495 e. The van der Waals surface area contributed by atoms with Gasteiger partial charge in [-0.05, 0) is 61.0 Å². The molecule has 1 aliphatic carbocycles. The molecule has 8 heteroatoms. The fraction of sp³-hybridized carbons (Fsp3) is 0.393. The van der Waals surface area contributed by atoms with E-state index in [9.17, 15) is 4.79 Å². The second-order valence-corrected chi connectivity index (χ2v) is 9.89. The molecule has 3 heterocycles. The number of carbonyl (C=O) groups is 1. The number of methoxy groups -OCH3 is 1.